The van der Waals surface area contributed by atoms with Crippen LogP contribution in [0.3, 0.4) is 0 Å². The van der Waals surface area contributed by atoms with E-state index in [2.05, 4.69) is 0 Å². The number of hydrogen-bond donors (Lipinski definition) is 0. The Hall–Kier alpha value is -1.85. The lowest BCUT2D eigenvalue weighted by Crippen LogP contribution is -2.26. The average Bonchev–Trinajstić information content (AvgIpc) is 2.46. The van der Waals surface area contributed by atoms with Crippen LogP contribution in [-0.4, -0.2) is 32.5 Å². The molecule has 0 aromatic heterocycles. The average molecular weight is 338 g/mol. The fourth-order valence-corrected chi connectivity index (χ4v) is 2.88. The molecule has 0 unspecified atom stereocenters. The minimum Gasteiger partial charge on any atom is -0.337 e. The molecule has 0 spiro atoms. The third-order valence-corrected chi connectivity index (χ3v) is 4.65. The van der Waals surface area contributed by atoms with E-state index in [0.29, 0.717) is 6.54 Å². The fraction of sp³-hybridized carbons (Fsp3) is 0.188. The normalized spacial score (nSPS) is 11.2. The highest BCUT2D eigenvalue weighted by molar-refractivity contribution is 7.90. The first-order chi connectivity index (χ1) is 10.3. The smallest absolute Gasteiger partial charge is 0.255 e. The highest BCUT2D eigenvalue weighted by Gasteiger charge is 2.18. The van der Waals surface area contributed by atoms with E-state index >= 15 is 0 Å². The van der Waals surface area contributed by atoms with Crippen LogP contribution in [0.5, 0.6) is 0 Å². The standard InChI is InChI=1S/C16H16ClNO3S/c1-18(11-12-6-4-3-5-7-12)16(19)14-10-13(22(2,20)21)8-9-15(14)17/h3-10H,11H2,1-2H3. The highest BCUT2D eigenvalue weighted by atomic mass is 35.5. The molecule has 0 aliphatic heterocycles. The zero-order valence-electron chi connectivity index (χ0n) is 12.3. The fourth-order valence-electron chi connectivity index (χ4n) is 2.03. The van der Waals surface area contributed by atoms with Crippen LogP contribution in [0.25, 0.3) is 0 Å². The molecule has 0 aliphatic carbocycles. The zero-order chi connectivity index (χ0) is 16.3. The molecule has 0 N–H and O–H groups in total. The lowest BCUT2D eigenvalue weighted by molar-refractivity contribution is 0.0785. The van der Waals surface area contributed by atoms with Gasteiger partial charge in [0.15, 0.2) is 9.84 Å². The quantitative estimate of drug-likeness (QED) is 0.861. The molecule has 2 aromatic carbocycles. The van der Waals surface area contributed by atoms with E-state index < -0.39 is 9.84 Å². The van der Waals surface area contributed by atoms with Crippen LogP contribution in [0.2, 0.25) is 5.02 Å². The van der Waals surface area contributed by atoms with Gasteiger partial charge in [0.2, 0.25) is 0 Å². The number of amides is 1. The summed E-state index contributed by atoms with van der Waals surface area (Å²) in [5, 5.41) is 0.234. The monoisotopic (exact) mass is 337 g/mol. The van der Waals surface area contributed by atoms with Crippen molar-refractivity contribution in [1.29, 1.82) is 0 Å². The molecule has 0 bridgehead atoms. The van der Waals surface area contributed by atoms with Crippen molar-refractivity contribution in [1.82, 2.24) is 4.90 Å². The molecule has 2 aromatic rings. The van der Waals surface area contributed by atoms with Crippen LogP contribution in [0, 0.1) is 0 Å². The molecule has 0 atom stereocenters. The van der Waals surface area contributed by atoms with E-state index in [1.54, 1.807) is 7.05 Å². The second kappa shape index (κ2) is 6.50. The van der Waals surface area contributed by atoms with E-state index in [-0.39, 0.29) is 21.4 Å². The van der Waals surface area contributed by atoms with Crippen molar-refractivity contribution in [3.05, 3.63) is 64.7 Å². The summed E-state index contributed by atoms with van der Waals surface area (Å²) in [6.07, 6.45) is 1.10. The summed E-state index contributed by atoms with van der Waals surface area (Å²) >= 11 is 6.05. The van der Waals surface area contributed by atoms with Gasteiger partial charge in [-0.15, -0.1) is 0 Å². The zero-order valence-corrected chi connectivity index (χ0v) is 13.9. The predicted octanol–water partition coefficient (Wildman–Crippen LogP) is 3.02. The summed E-state index contributed by atoms with van der Waals surface area (Å²) in [7, 11) is -1.74. The second-order valence-corrected chi connectivity index (χ2v) is 7.48. The van der Waals surface area contributed by atoms with Crippen molar-refractivity contribution in [3.63, 3.8) is 0 Å². The van der Waals surface area contributed by atoms with Crippen LogP contribution >= 0.6 is 11.6 Å². The first kappa shape index (κ1) is 16.5. The van der Waals surface area contributed by atoms with Gasteiger partial charge in [0.1, 0.15) is 0 Å². The molecule has 4 nitrogen and oxygen atoms in total. The molecule has 1 amide bonds. The van der Waals surface area contributed by atoms with E-state index in [1.165, 1.54) is 23.1 Å². The number of carbonyl (C=O) groups excluding carboxylic acids is 1. The minimum atomic E-state index is -3.39. The van der Waals surface area contributed by atoms with Crippen molar-refractivity contribution < 1.29 is 13.2 Å². The number of carbonyl (C=O) groups is 1. The van der Waals surface area contributed by atoms with Crippen molar-refractivity contribution in [2.24, 2.45) is 0 Å². The molecule has 116 valence electrons. The lowest BCUT2D eigenvalue weighted by Gasteiger charge is -2.18. The topological polar surface area (TPSA) is 54.5 Å². The SMILES string of the molecule is CN(Cc1ccccc1)C(=O)c1cc(S(C)(=O)=O)ccc1Cl. The summed E-state index contributed by atoms with van der Waals surface area (Å²) in [6, 6.07) is 13.7. The summed E-state index contributed by atoms with van der Waals surface area (Å²) in [4.78, 5) is 14.1. The Morgan fingerprint density at radius 1 is 1.14 bits per heavy atom. The van der Waals surface area contributed by atoms with Gasteiger partial charge in [0.05, 0.1) is 15.5 Å². The first-order valence-corrected chi connectivity index (χ1v) is 8.85. The Bertz CT molecular complexity index is 788. The van der Waals surface area contributed by atoms with Gasteiger partial charge < -0.3 is 4.90 Å². The molecule has 0 saturated carbocycles. The number of hydrogen-bond acceptors (Lipinski definition) is 3. The number of benzene rings is 2. The second-order valence-electron chi connectivity index (χ2n) is 5.06. The summed E-state index contributed by atoms with van der Waals surface area (Å²) in [5.74, 6) is -0.320. The molecule has 0 heterocycles. The van der Waals surface area contributed by atoms with Gasteiger partial charge in [-0.1, -0.05) is 41.9 Å². The number of rotatable bonds is 4. The van der Waals surface area contributed by atoms with Gasteiger partial charge in [-0.3, -0.25) is 4.79 Å². The Kier molecular flexibility index (Phi) is 4.88. The molecule has 22 heavy (non-hydrogen) atoms. The Balaban J connectivity index is 2.29. The van der Waals surface area contributed by atoms with Crippen LogP contribution in [-0.2, 0) is 16.4 Å². The van der Waals surface area contributed by atoms with Gasteiger partial charge in [-0.2, -0.15) is 0 Å². The van der Waals surface area contributed by atoms with Crippen LogP contribution < -0.4 is 0 Å². The van der Waals surface area contributed by atoms with Crippen molar-refractivity contribution in [2.75, 3.05) is 13.3 Å². The van der Waals surface area contributed by atoms with E-state index in [0.717, 1.165) is 11.8 Å². The number of halogens is 1. The molecule has 6 heteroatoms. The van der Waals surface area contributed by atoms with E-state index in [4.69, 9.17) is 11.6 Å². The first-order valence-electron chi connectivity index (χ1n) is 6.58. The Labute approximate surface area is 135 Å². The van der Waals surface area contributed by atoms with Gasteiger partial charge in [-0.05, 0) is 23.8 Å². The maximum absolute atomic E-state index is 12.5. The Morgan fingerprint density at radius 3 is 2.36 bits per heavy atom. The van der Waals surface area contributed by atoms with E-state index in [1.807, 2.05) is 30.3 Å². The van der Waals surface area contributed by atoms with E-state index in [9.17, 15) is 13.2 Å². The summed E-state index contributed by atoms with van der Waals surface area (Å²) in [6.45, 7) is 0.416. The molecular weight excluding hydrogens is 322 g/mol. The minimum absolute atomic E-state index is 0.0772. The van der Waals surface area contributed by atoms with Crippen LogP contribution in [0.1, 0.15) is 15.9 Å². The third kappa shape index (κ3) is 3.87. The molecule has 0 radical (unpaired) electrons. The molecule has 0 fully saturated rings. The van der Waals surface area contributed by atoms with Crippen molar-refractivity contribution >= 4 is 27.3 Å². The summed E-state index contributed by atoms with van der Waals surface area (Å²) < 4.78 is 23.2. The van der Waals surface area contributed by atoms with Crippen LogP contribution in [0.4, 0.5) is 0 Å². The van der Waals surface area contributed by atoms with Gasteiger partial charge >= 0.3 is 0 Å². The van der Waals surface area contributed by atoms with Gasteiger partial charge in [0, 0.05) is 19.8 Å². The maximum Gasteiger partial charge on any atom is 0.255 e. The van der Waals surface area contributed by atoms with Crippen molar-refractivity contribution in [3.8, 4) is 0 Å². The largest absolute Gasteiger partial charge is 0.337 e. The molecule has 2 rings (SSSR count). The highest BCUT2D eigenvalue weighted by Crippen LogP contribution is 2.22. The maximum atomic E-state index is 12.5. The third-order valence-electron chi connectivity index (χ3n) is 3.21. The lowest BCUT2D eigenvalue weighted by atomic mass is 10.1. The molecule has 0 aliphatic rings. The molecular formula is C16H16ClNO3S. The number of sulfone groups is 1. The van der Waals surface area contributed by atoms with Gasteiger partial charge in [-0.25, -0.2) is 8.42 Å². The molecule has 0 saturated heterocycles. The van der Waals surface area contributed by atoms with Gasteiger partial charge in [0.25, 0.3) is 5.91 Å². The van der Waals surface area contributed by atoms with Crippen molar-refractivity contribution in [2.45, 2.75) is 11.4 Å². The Morgan fingerprint density at radius 2 is 1.77 bits per heavy atom. The predicted molar refractivity (Wildman–Crippen MR) is 86.8 cm³/mol. The number of nitrogens with zero attached hydrogens (tertiary/aromatic N) is 1. The summed E-state index contributed by atoms with van der Waals surface area (Å²) in [5.41, 5.74) is 1.16. The van der Waals surface area contributed by atoms with Crippen LogP contribution in [0.15, 0.2) is 53.4 Å².